The fourth-order valence-electron chi connectivity index (χ4n) is 3.53. The molecule has 162 valence electrons. The van der Waals surface area contributed by atoms with Crippen molar-refractivity contribution in [1.29, 1.82) is 0 Å². The van der Waals surface area contributed by atoms with Gasteiger partial charge >= 0.3 is 12.1 Å². The van der Waals surface area contributed by atoms with E-state index in [0.717, 1.165) is 11.8 Å². The monoisotopic (exact) mass is 446 g/mol. The third-order valence-electron chi connectivity index (χ3n) is 5.11. The van der Waals surface area contributed by atoms with E-state index in [4.69, 9.17) is 16.3 Å². The van der Waals surface area contributed by atoms with Gasteiger partial charge in [-0.05, 0) is 30.3 Å². The molecular formula is C21H20ClFN4O4. The summed E-state index contributed by atoms with van der Waals surface area (Å²) in [5.41, 5.74) is 1.07. The fraction of sp³-hybridized carbons (Fsp3) is 0.286. The number of urea groups is 1. The Labute approximate surface area is 183 Å². The van der Waals surface area contributed by atoms with E-state index in [1.54, 1.807) is 0 Å². The zero-order valence-corrected chi connectivity index (χ0v) is 17.2. The summed E-state index contributed by atoms with van der Waals surface area (Å²) >= 11 is 5.75. The summed E-state index contributed by atoms with van der Waals surface area (Å²) in [5, 5.41) is 2.55. The molecule has 2 saturated heterocycles. The predicted molar refractivity (Wildman–Crippen MR) is 112 cm³/mol. The first-order valence-corrected chi connectivity index (χ1v) is 10.1. The zero-order valence-electron chi connectivity index (χ0n) is 16.5. The highest BCUT2D eigenvalue weighted by Crippen LogP contribution is 2.23. The van der Waals surface area contributed by atoms with E-state index in [-0.39, 0.29) is 37.1 Å². The Kier molecular flexibility index (Phi) is 5.94. The van der Waals surface area contributed by atoms with Crippen LogP contribution in [0, 0.1) is 5.82 Å². The molecule has 1 atom stereocenters. The summed E-state index contributed by atoms with van der Waals surface area (Å²) in [4.78, 5) is 41.7. The summed E-state index contributed by atoms with van der Waals surface area (Å²) in [6.45, 7) is 0.794. The van der Waals surface area contributed by atoms with Crippen LogP contribution in [0.15, 0.2) is 48.5 Å². The molecule has 2 fully saturated rings. The Hall–Kier alpha value is -3.33. The average Bonchev–Trinajstić information content (AvgIpc) is 3.13. The van der Waals surface area contributed by atoms with Crippen LogP contribution in [-0.2, 0) is 9.53 Å². The summed E-state index contributed by atoms with van der Waals surface area (Å²) < 4.78 is 18.7. The van der Waals surface area contributed by atoms with E-state index in [2.05, 4.69) is 5.32 Å². The molecule has 0 aliphatic carbocycles. The molecular weight excluding hydrogens is 427 g/mol. The molecule has 0 bridgehead atoms. The number of para-hydroxylation sites is 1. The van der Waals surface area contributed by atoms with Crippen LogP contribution in [0.25, 0.3) is 0 Å². The number of anilines is 2. The first-order valence-electron chi connectivity index (χ1n) is 9.72. The molecule has 4 amide bonds. The third-order valence-corrected chi connectivity index (χ3v) is 5.40. The summed E-state index contributed by atoms with van der Waals surface area (Å²) in [6.07, 6.45) is -0.820. The number of amides is 4. The zero-order chi connectivity index (χ0) is 22.0. The van der Waals surface area contributed by atoms with Crippen LogP contribution in [0.3, 0.4) is 0 Å². The van der Waals surface area contributed by atoms with Crippen LogP contribution in [0.2, 0.25) is 5.02 Å². The van der Waals surface area contributed by atoms with Gasteiger partial charge in [0.05, 0.1) is 24.8 Å². The number of hydrogen-bond acceptors (Lipinski definition) is 4. The van der Waals surface area contributed by atoms with Gasteiger partial charge in [0.2, 0.25) is 5.91 Å². The molecule has 1 unspecified atom stereocenters. The van der Waals surface area contributed by atoms with Gasteiger partial charge in [0, 0.05) is 24.3 Å². The highest BCUT2D eigenvalue weighted by Gasteiger charge is 2.36. The molecule has 2 heterocycles. The van der Waals surface area contributed by atoms with Gasteiger partial charge in [-0.25, -0.2) is 14.0 Å². The molecule has 2 aromatic carbocycles. The Bertz CT molecular complexity index is 1010. The molecule has 4 rings (SSSR count). The first kappa shape index (κ1) is 20.9. The molecule has 2 aromatic rings. The quantitative estimate of drug-likeness (QED) is 0.779. The van der Waals surface area contributed by atoms with Crippen LogP contribution in [0.4, 0.5) is 25.4 Å². The largest absolute Gasteiger partial charge is 0.442 e. The van der Waals surface area contributed by atoms with Gasteiger partial charge in [0.1, 0.15) is 11.9 Å². The minimum atomic E-state index is -0.579. The van der Waals surface area contributed by atoms with Crippen molar-refractivity contribution in [3.05, 3.63) is 59.4 Å². The van der Waals surface area contributed by atoms with Crippen molar-refractivity contribution in [1.82, 2.24) is 9.80 Å². The number of benzene rings is 2. The highest BCUT2D eigenvalue weighted by atomic mass is 35.5. The Morgan fingerprint density at radius 3 is 2.71 bits per heavy atom. The van der Waals surface area contributed by atoms with Crippen LogP contribution in [0.1, 0.15) is 6.42 Å². The highest BCUT2D eigenvalue weighted by molar-refractivity contribution is 6.31. The molecule has 0 radical (unpaired) electrons. The van der Waals surface area contributed by atoms with Crippen molar-refractivity contribution >= 4 is 41.0 Å². The summed E-state index contributed by atoms with van der Waals surface area (Å²) in [6, 6.07) is 12.6. The van der Waals surface area contributed by atoms with Crippen molar-refractivity contribution in [2.45, 2.75) is 12.5 Å². The number of carbonyl (C=O) groups excluding carboxylic acids is 3. The fourth-order valence-corrected chi connectivity index (χ4v) is 3.71. The summed E-state index contributed by atoms with van der Waals surface area (Å²) in [5.74, 6) is -0.701. The van der Waals surface area contributed by atoms with Crippen molar-refractivity contribution in [3.8, 4) is 0 Å². The van der Waals surface area contributed by atoms with Gasteiger partial charge in [0.15, 0.2) is 0 Å². The maximum atomic E-state index is 13.3. The number of cyclic esters (lactones) is 1. The molecule has 31 heavy (non-hydrogen) atoms. The second kappa shape index (κ2) is 8.81. The van der Waals surface area contributed by atoms with Gasteiger partial charge < -0.3 is 19.9 Å². The van der Waals surface area contributed by atoms with Crippen LogP contribution in [-0.4, -0.2) is 60.2 Å². The SMILES string of the molecule is O=C1CCN(C(=O)Nc2ccc(F)c(Cl)c2)CN1CC1CN(c2ccccc2)C(=O)O1. The molecule has 0 spiro atoms. The van der Waals surface area contributed by atoms with E-state index in [1.807, 2.05) is 30.3 Å². The molecule has 8 nitrogen and oxygen atoms in total. The number of hydrogen-bond donors (Lipinski definition) is 1. The smallest absolute Gasteiger partial charge is 0.414 e. The first-order chi connectivity index (χ1) is 14.9. The maximum absolute atomic E-state index is 13.3. The normalized spacial score (nSPS) is 18.9. The number of rotatable bonds is 4. The lowest BCUT2D eigenvalue weighted by Gasteiger charge is -2.36. The lowest BCUT2D eigenvalue weighted by molar-refractivity contribution is -0.137. The molecule has 2 aliphatic heterocycles. The molecule has 2 aliphatic rings. The Morgan fingerprint density at radius 1 is 1.19 bits per heavy atom. The van der Waals surface area contributed by atoms with Gasteiger partial charge in [-0.2, -0.15) is 0 Å². The molecule has 10 heteroatoms. The summed E-state index contributed by atoms with van der Waals surface area (Å²) in [7, 11) is 0. The van der Waals surface area contributed by atoms with Crippen molar-refractivity contribution in [3.63, 3.8) is 0 Å². The second-order valence-corrected chi connectivity index (χ2v) is 7.69. The lowest BCUT2D eigenvalue weighted by atomic mass is 10.2. The number of carbonyl (C=O) groups is 3. The van der Waals surface area contributed by atoms with Gasteiger partial charge in [-0.15, -0.1) is 0 Å². The number of nitrogens with zero attached hydrogens (tertiary/aromatic N) is 3. The van der Waals surface area contributed by atoms with Crippen LogP contribution in [0.5, 0.6) is 0 Å². The minimum Gasteiger partial charge on any atom is -0.442 e. The van der Waals surface area contributed by atoms with Crippen molar-refractivity contribution in [2.75, 3.05) is 36.5 Å². The number of halogens is 2. The van der Waals surface area contributed by atoms with Crippen molar-refractivity contribution in [2.24, 2.45) is 0 Å². The van der Waals surface area contributed by atoms with Crippen molar-refractivity contribution < 1.29 is 23.5 Å². The van der Waals surface area contributed by atoms with Gasteiger partial charge in [-0.3, -0.25) is 9.69 Å². The molecule has 0 aromatic heterocycles. The number of ether oxygens (including phenoxy) is 1. The number of nitrogens with one attached hydrogen (secondary N) is 1. The molecule has 0 saturated carbocycles. The minimum absolute atomic E-state index is 0.0545. The Morgan fingerprint density at radius 2 is 1.97 bits per heavy atom. The lowest BCUT2D eigenvalue weighted by Crippen LogP contribution is -2.53. The standard InChI is InChI=1S/C21H20ClFN4O4/c22-17-10-14(6-7-18(17)23)24-20(29)25-9-8-19(28)26(13-25)11-16-12-27(21(30)31-16)15-4-2-1-3-5-15/h1-7,10,16H,8-9,11-13H2,(H,24,29). The van der Waals surface area contributed by atoms with E-state index in [1.165, 1.54) is 26.8 Å². The van der Waals surface area contributed by atoms with Crippen LogP contribution >= 0.6 is 11.6 Å². The second-order valence-electron chi connectivity index (χ2n) is 7.28. The van der Waals surface area contributed by atoms with Gasteiger partial charge in [0.25, 0.3) is 0 Å². The van der Waals surface area contributed by atoms with E-state index >= 15 is 0 Å². The van der Waals surface area contributed by atoms with E-state index in [0.29, 0.717) is 12.2 Å². The maximum Gasteiger partial charge on any atom is 0.414 e. The predicted octanol–water partition coefficient (Wildman–Crippen LogP) is 3.53. The van der Waals surface area contributed by atoms with E-state index in [9.17, 15) is 18.8 Å². The van der Waals surface area contributed by atoms with E-state index < -0.39 is 24.0 Å². The average molecular weight is 447 g/mol. The van der Waals surface area contributed by atoms with Gasteiger partial charge in [-0.1, -0.05) is 29.8 Å². The topological polar surface area (TPSA) is 82.2 Å². The third kappa shape index (κ3) is 4.72. The Balaban J connectivity index is 1.36. The molecule has 1 N–H and O–H groups in total. The van der Waals surface area contributed by atoms with Crippen LogP contribution < -0.4 is 10.2 Å².